The van der Waals surface area contributed by atoms with Gasteiger partial charge in [-0.15, -0.1) is 0 Å². The molecule has 1 atom stereocenters. The highest BCUT2D eigenvalue weighted by Crippen LogP contribution is 2.36. The second-order valence-electron chi connectivity index (χ2n) is 4.60. The Morgan fingerprint density at radius 3 is 2.75 bits per heavy atom. The van der Waals surface area contributed by atoms with Crippen LogP contribution in [0.25, 0.3) is 0 Å². The third-order valence-electron chi connectivity index (χ3n) is 3.56. The van der Waals surface area contributed by atoms with E-state index in [4.69, 9.17) is 5.73 Å². The summed E-state index contributed by atoms with van der Waals surface area (Å²) < 4.78 is 0. The van der Waals surface area contributed by atoms with Crippen LogP contribution in [0.4, 0.5) is 11.6 Å². The summed E-state index contributed by atoms with van der Waals surface area (Å²) in [5.41, 5.74) is 6.95. The highest BCUT2D eigenvalue weighted by molar-refractivity contribution is 5.56. The molecule has 1 aromatic heterocycles. The molecule has 1 unspecified atom stereocenters. The molecule has 1 aromatic rings. The van der Waals surface area contributed by atoms with Crippen LogP contribution in [0.15, 0.2) is 6.33 Å². The Bertz CT molecular complexity index is 373. The summed E-state index contributed by atoms with van der Waals surface area (Å²) in [4.78, 5) is 10.7. The number of hydrogen-bond donors (Lipinski definition) is 1. The van der Waals surface area contributed by atoms with E-state index in [1.807, 2.05) is 0 Å². The van der Waals surface area contributed by atoms with Gasteiger partial charge in [0.25, 0.3) is 0 Å². The van der Waals surface area contributed by atoms with E-state index in [9.17, 15) is 0 Å². The summed E-state index contributed by atoms with van der Waals surface area (Å²) in [5.74, 6) is 2.43. The zero-order valence-electron chi connectivity index (χ0n) is 10.3. The van der Waals surface area contributed by atoms with Crippen molar-refractivity contribution in [1.82, 2.24) is 9.97 Å². The van der Waals surface area contributed by atoms with Gasteiger partial charge in [0.1, 0.15) is 18.0 Å². The molecule has 1 heterocycles. The Labute approximate surface area is 96.9 Å². The average Bonchev–Trinajstić information content (AvgIpc) is 3.10. The lowest BCUT2D eigenvalue weighted by molar-refractivity contribution is 0.601. The Hall–Kier alpha value is -1.32. The third kappa shape index (κ3) is 1.96. The molecule has 0 spiro atoms. The minimum Gasteiger partial charge on any atom is -0.383 e. The molecule has 2 N–H and O–H groups in total. The second-order valence-corrected chi connectivity index (χ2v) is 4.60. The predicted molar refractivity (Wildman–Crippen MR) is 66.4 cm³/mol. The Morgan fingerprint density at radius 1 is 1.50 bits per heavy atom. The van der Waals surface area contributed by atoms with Gasteiger partial charge in [-0.3, -0.25) is 0 Å². The lowest BCUT2D eigenvalue weighted by Gasteiger charge is -2.27. The first kappa shape index (κ1) is 11.2. The number of nitrogen functional groups attached to an aromatic ring is 1. The molecule has 0 aliphatic heterocycles. The van der Waals surface area contributed by atoms with Gasteiger partial charge in [-0.1, -0.05) is 6.92 Å². The molecular formula is C12H20N4. The summed E-state index contributed by atoms with van der Waals surface area (Å²) in [6, 6.07) is 0.541. The summed E-state index contributed by atoms with van der Waals surface area (Å²) in [6.45, 7) is 4.35. The number of aromatic nitrogens is 2. The maximum atomic E-state index is 5.88. The quantitative estimate of drug-likeness (QED) is 0.841. The van der Waals surface area contributed by atoms with E-state index in [0.29, 0.717) is 11.9 Å². The van der Waals surface area contributed by atoms with E-state index in [0.717, 1.165) is 23.7 Å². The van der Waals surface area contributed by atoms with Crippen molar-refractivity contribution in [2.45, 2.75) is 39.2 Å². The fourth-order valence-electron chi connectivity index (χ4n) is 2.15. The van der Waals surface area contributed by atoms with Gasteiger partial charge in [0.2, 0.25) is 0 Å². The van der Waals surface area contributed by atoms with Gasteiger partial charge >= 0.3 is 0 Å². The lowest BCUT2D eigenvalue weighted by atomic mass is 10.1. The van der Waals surface area contributed by atoms with Gasteiger partial charge in [0, 0.05) is 18.7 Å². The number of rotatable bonds is 4. The molecule has 4 nitrogen and oxygen atoms in total. The summed E-state index contributed by atoms with van der Waals surface area (Å²) in [5, 5.41) is 0. The number of hydrogen-bond acceptors (Lipinski definition) is 4. The van der Waals surface area contributed by atoms with Gasteiger partial charge in [-0.05, 0) is 32.1 Å². The van der Waals surface area contributed by atoms with Crippen LogP contribution in [0, 0.1) is 5.92 Å². The van der Waals surface area contributed by atoms with Crippen molar-refractivity contribution in [3.63, 3.8) is 0 Å². The largest absolute Gasteiger partial charge is 0.383 e. The highest BCUT2D eigenvalue weighted by Gasteiger charge is 2.31. The summed E-state index contributed by atoms with van der Waals surface area (Å²) in [7, 11) is 2.10. The van der Waals surface area contributed by atoms with Crippen molar-refractivity contribution in [1.29, 1.82) is 0 Å². The van der Waals surface area contributed by atoms with Crippen LogP contribution in [0.2, 0.25) is 0 Å². The molecule has 0 bridgehead atoms. The topological polar surface area (TPSA) is 55.0 Å². The van der Waals surface area contributed by atoms with E-state index < -0.39 is 0 Å². The monoisotopic (exact) mass is 220 g/mol. The Kier molecular flexibility index (Phi) is 2.99. The first-order chi connectivity index (χ1) is 7.65. The van der Waals surface area contributed by atoms with Crippen LogP contribution < -0.4 is 10.6 Å². The predicted octanol–water partition coefficient (Wildman–Crippen LogP) is 1.86. The summed E-state index contributed by atoms with van der Waals surface area (Å²) >= 11 is 0. The van der Waals surface area contributed by atoms with Crippen molar-refractivity contribution in [3.05, 3.63) is 11.9 Å². The van der Waals surface area contributed by atoms with Gasteiger partial charge < -0.3 is 10.6 Å². The van der Waals surface area contributed by atoms with Gasteiger partial charge in [-0.2, -0.15) is 0 Å². The Morgan fingerprint density at radius 2 is 2.19 bits per heavy atom. The lowest BCUT2D eigenvalue weighted by Crippen LogP contribution is -2.32. The van der Waals surface area contributed by atoms with Crippen LogP contribution in [0.3, 0.4) is 0 Å². The first-order valence-electron chi connectivity index (χ1n) is 5.97. The first-order valence-corrected chi connectivity index (χ1v) is 5.97. The molecule has 1 aliphatic rings. The summed E-state index contributed by atoms with van der Waals surface area (Å²) in [6.07, 6.45) is 5.12. The molecule has 0 amide bonds. The molecule has 1 aliphatic carbocycles. The van der Waals surface area contributed by atoms with E-state index >= 15 is 0 Å². The number of nitrogens with zero attached hydrogens (tertiary/aromatic N) is 3. The minimum absolute atomic E-state index is 0.541. The maximum Gasteiger partial charge on any atom is 0.137 e. The van der Waals surface area contributed by atoms with E-state index in [1.165, 1.54) is 12.8 Å². The van der Waals surface area contributed by atoms with Crippen molar-refractivity contribution in [3.8, 4) is 0 Å². The maximum absolute atomic E-state index is 5.88. The van der Waals surface area contributed by atoms with Crippen LogP contribution in [-0.2, 0) is 6.42 Å². The zero-order chi connectivity index (χ0) is 11.7. The average molecular weight is 220 g/mol. The molecule has 2 rings (SSSR count). The normalized spacial score (nSPS) is 17.2. The van der Waals surface area contributed by atoms with Crippen LogP contribution in [-0.4, -0.2) is 23.1 Å². The molecule has 0 radical (unpaired) electrons. The van der Waals surface area contributed by atoms with Crippen LogP contribution in [0.5, 0.6) is 0 Å². The van der Waals surface area contributed by atoms with Crippen molar-refractivity contribution < 1.29 is 0 Å². The smallest absolute Gasteiger partial charge is 0.137 e. The fourth-order valence-corrected chi connectivity index (χ4v) is 2.15. The molecule has 88 valence electrons. The SMILES string of the molecule is CCc1c(N)ncnc1N(C)C(C)C1CC1. The van der Waals surface area contributed by atoms with E-state index in [-0.39, 0.29) is 0 Å². The third-order valence-corrected chi connectivity index (χ3v) is 3.56. The standard InChI is InChI=1S/C12H20N4/c1-4-10-11(13)14-7-15-12(10)16(3)8(2)9-5-6-9/h7-9H,4-6H2,1-3H3,(H2,13,14,15). The minimum atomic E-state index is 0.541. The van der Waals surface area contributed by atoms with Gasteiger partial charge in [0.15, 0.2) is 0 Å². The van der Waals surface area contributed by atoms with Crippen molar-refractivity contribution in [2.24, 2.45) is 5.92 Å². The molecule has 1 fully saturated rings. The fraction of sp³-hybridized carbons (Fsp3) is 0.667. The number of nitrogens with two attached hydrogens (primary N) is 1. The van der Waals surface area contributed by atoms with Gasteiger partial charge in [-0.25, -0.2) is 9.97 Å². The number of anilines is 2. The molecule has 0 saturated heterocycles. The van der Waals surface area contributed by atoms with Gasteiger partial charge in [0.05, 0.1) is 0 Å². The van der Waals surface area contributed by atoms with Crippen LogP contribution >= 0.6 is 0 Å². The molecule has 1 saturated carbocycles. The van der Waals surface area contributed by atoms with E-state index in [2.05, 4.69) is 35.8 Å². The molecule has 4 heteroatoms. The molecule has 16 heavy (non-hydrogen) atoms. The molecular weight excluding hydrogens is 200 g/mol. The second kappa shape index (κ2) is 4.28. The van der Waals surface area contributed by atoms with E-state index in [1.54, 1.807) is 6.33 Å². The zero-order valence-corrected chi connectivity index (χ0v) is 10.3. The molecule has 0 aromatic carbocycles. The van der Waals surface area contributed by atoms with Crippen LogP contribution in [0.1, 0.15) is 32.3 Å². The van der Waals surface area contributed by atoms with Crippen molar-refractivity contribution in [2.75, 3.05) is 17.7 Å². The Balaban J connectivity index is 2.27. The highest BCUT2D eigenvalue weighted by atomic mass is 15.2. The van der Waals surface area contributed by atoms with Crippen molar-refractivity contribution >= 4 is 11.6 Å².